The summed E-state index contributed by atoms with van der Waals surface area (Å²) in [4.78, 5) is 123. The van der Waals surface area contributed by atoms with Crippen molar-refractivity contribution in [1.29, 1.82) is 0 Å². The number of aliphatic hydroxyl groups is 8. The van der Waals surface area contributed by atoms with Gasteiger partial charge in [0.15, 0.2) is 28.8 Å². The number of alkyl halides is 1. The van der Waals surface area contributed by atoms with Crippen LogP contribution in [0.15, 0.2) is 58.4 Å². The molecule has 109 heavy (non-hydrogen) atoms. The number of hydrogen-bond donors (Lipinski definition) is 15. The van der Waals surface area contributed by atoms with Gasteiger partial charge in [0.1, 0.15) is 48.6 Å². The summed E-state index contributed by atoms with van der Waals surface area (Å²) in [5.41, 5.74) is 12.3. The molecule has 0 radical (unpaired) electrons. The number of aliphatic hydroxyl groups excluding tert-OH is 8. The quantitative estimate of drug-likeness (QED) is 0.0469. The minimum atomic E-state index is -1.97. The molecule has 14 aliphatic rings. The molecule has 602 valence electrons. The molecule has 9 aliphatic carbocycles. The van der Waals surface area contributed by atoms with Crippen LogP contribution in [0, 0.1) is 88.8 Å². The summed E-state index contributed by atoms with van der Waals surface area (Å²) in [7, 11) is 0. The van der Waals surface area contributed by atoms with Crippen molar-refractivity contribution >= 4 is 70.1 Å². The summed E-state index contributed by atoms with van der Waals surface area (Å²) in [6, 6.07) is -4.38. The number of carbonyl (C=O) groups is 8. The highest BCUT2D eigenvalue weighted by Gasteiger charge is 2.55. The molecule has 28 heteroatoms. The number of amides is 5. The van der Waals surface area contributed by atoms with Gasteiger partial charge in [0.05, 0.1) is 64.6 Å². The Balaban J connectivity index is 1.02. The van der Waals surface area contributed by atoms with Gasteiger partial charge in [-0.3, -0.25) is 38.4 Å². The molecule has 26 nitrogen and oxygen atoms in total. The van der Waals surface area contributed by atoms with Crippen molar-refractivity contribution in [3.8, 4) is 17.2 Å². The van der Waals surface area contributed by atoms with Crippen LogP contribution in [0.3, 0.4) is 0 Å². The molecule has 5 aliphatic heterocycles. The number of ether oxygens (including phenoxy) is 3. The monoisotopic (exact) mass is 1560 g/mol. The first-order chi connectivity index (χ1) is 52.0. The number of primary amides is 1. The maximum Gasteiger partial charge on any atom is 0.245 e. The number of hydrogen-bond acceptors (Lipinski definition) is 21. The molecule has 24 atom stereocenters. The lowest BCUT2D eigenvalue weighted by Gasteiger charge is -2.54. The Morgan fingerprint density at radius 1 is 0.725 bits per heavy atom. The fraction of sp³-hybridized carbons (Fsp3) is 0.728. The zero-order chi connectivity index (χ0) is 78.1. The lowest BCUT2D eigenvalue weighted by atomic mass is 9.51. The van der Waals surface area contributed by atoms with E-state index in [9.17, 15) is 50.4 Å². The van der Waals surface area contributed by atoms with E-state index < -0.39 is 204 Å². The van der Waals surface area contributed by atoms with Gasteiger partial charge in [-0.25, -0.2) is 0 Å². The Hall–Kier alpha value is -6.04. The van der Waals surface area contributed by atoms with E-state index >= 15 is 28.8 Å². The third-order valence-electron chi connectivity index (χ3n) is 26.3. The van der Waals surface area contributed by atoms with Crippen molar-refractivity contribution < 1.29 is 93.4 Å². The fourth-order valence-electron chi connectivity index (χ4n) is 20.6. The number of nitrogens with one attached hydrogen (secondary N) is 5. The van der Waals surface area contributed by atoms with Gasteiger partial charge < -0.3 is 93.1 Å². The number of nitrogens with two attached hydrogens (primary N) is 2. The highest BCUT2D eigenvalue weighted by molar-refractivity contribution is 6.30. The first-order valence-electron chi connectivity index (χ1n) is 40.3. The van der Waals surface area contributed by atoms with Gasteiger partial charge in [0.25, 0.3) is 0 Å². The topological polar surface area (TPSA) is 438 Å². The van der Waals surface area contributed by atoms with Crippen LogP contribution in [0.4, 0.5) is 0 Å². The van der Waals surface area contributed by atoms with Crippen LogP contribution in [-0.4, -0.2) is 192 Å². The molecule has 5 saturated carbocycles. The highest BCUT2D eigenvalue weighted by Crippen LogP contribution is 2.58. The molecule has 1 aromatic carbocycles. The largest absolute Gasteiger partial charge is 0.512 e. The summed E-state index contributed by atoms with van der Waals surface area (Å²) in [6.07, 6.45) is -2.34. The van der Waals surface area contributed by atoms with Crippen molar-refractivity contribution in [2.75, 3.05) is 19.6 Å². The Bertz CT molecular complexity index is 3640. The van der Waals surface area contributed by atoms with Crippen LogP contribution in [0.25, 0.3) is 0 Å². The molecule has 0 spiro atoms. The second-order valence-corrected chi connectivity index (χ2v) is 35.2. The van der Waals surface area contributed by atoms with E-state index in [1.165, 1.54) is 30.7 Å². The summed E-state index contributed by atoms with van der Waals surface area (Å²) in [6.45, 7) is 8.19. The second kappa shape index (κ2) is 35.6. The minimum absolute atomic E-state index is 0.00562. The third kappa shape index (κ3) is 18.1. The van der Waals surface area contributed by atoms with Crippen molar-refractivity contribution in [1.82, 2.24) is 26.6 Å². The molecule has 1 aromatic rings. The van der Waals surface area contributed by atoms with Crippen molar-refractivity contribution in [2.45, 2.75) is 260 Å². The van der Waals surface area contributed by atoms with Gasteiger partial charge in [-0.2, -0.15) is 0 Å². The molecular weight excluding hydrogens is 1450 g/mol. The van der Waals surface area contributed by atoms with Crippen molar-refractivity contribution in [3.05, 3.63) is 63.9 Å². The molecule has 15 rings (SSSR count). The van der Waals surface area contributed by atoms with Gasteiger partial charge in [-0.1, -0.05) is 76.8 Å². The number of fused-ring (bicyclic) bond motifs is 12. The van der Waals surface area contributed by atoms with Crippen molar-refractivity contribution in [3.63, 3.8) is 0 Å². The molecule has 0 aromatic heterocycles. The molecule has 5 fully saturated rings. The maximum atomic E-state index is 16.5. The van der Waals surface area contributed by atoms with Crippen molar-refractivity contribution in [2.24, 2.45) is 100 Å². The lowest BCUT2D eigenvalue weighted by Crippen LogP contribution is -2.62. The Morgan fingerprint density at radius 2 is 1.43 bits per heavy atom. The predicted molar refractivity (Wildman–Crippen MR) is 402 cm³/mol. The number of halogens is 2. The van der Waals surface area contributed by atoms with Crippen LogP contribution < -0.4 is 52.3 Å². The highest BCUT2D eigenvalue weighted by atomic mass is 35.5. The Morgan fingerprint density at radius 3 is 2.09 bits per heavy atom. The van der Waals surface area contributed by atoms with Gasteiger partial charge in [-0.05, 0) is 174 Å². The second-order valence-electron chi connectivity index (χ2n) is 34.2. The van der Waals surface area contributed by atoms with Crippen LogP contribution in [0.2, 0.25) is 0 Å². The fourth-order valence-corrected chi connectivity index (χ4v) is 21.2. The lowest BCUT2D eigenvalue weighted by molar-refractivity contribution is -0.149. The summed E-state index contributed by atoms with van der Waals surface area (Å²) in [5, 5.41) is 112. The number of carbonyl (C=O) groups excluding carboxylic acids is 8. The maximum absolute atomic E-state index is 16.5. The Kier molecular flexibility index (Phi) is 26.9. The number of unbranched alkanes of at least 4 members (excludes halogenated alkanes) is 3. The van der Waals surface area contributed by atoms with Crippen LogP contribution >= 0.6 is 23.2 Å². The molecule has 2 unspecified atom stereocenters. The Labute approximate surface area is 647 Å². The molecule has 5 amide bonds. The van der Waals surface area contributed by atoms with Crippen LogP contribution in [-0.2, 0) is 38.4 Å². The smallest absolute Gasteiger partial charge is 0.245 e. The van der Waals surface area contributed by atoms with E-state index in [4.69, 9.17) is 48.9 Å². The van der Waals surface area contributed by atoms with Gasteiger partial charge >= 0.3 is 0 Å². The first kappa shape index (κ1) is 82.4. The molecular formula is C81H115Cl2N7O19. The summed E-state index contributed by atoms with van der Waals surface area (Å²) >= 11 is 14.7. The summed E-state index contributed by atoms with van der Waals surface area (Å²) < 4.78 is 20.6. The third-order valence-corrected chi connectivity index (χ3v) is 27.1. The molecule has 0 saturated heterocycles. The number of allylic oxidation sites excluding steroid dienone is 2. The van der Waals surface area contributed by atoms with E-state index in [2.05, 4.69) is 33.5 Å². The number of ketones is 3. The number of rotatable bonds is 20. The average molecular weight is 1560 g/mol. The average Bonchev–Trinajstić information content (AvgIpc) is 0.756. The molecule has 15 bridgehead atoms. The summed E-state index contributed by atoms with van der Waals surface area (Å²) in [5.74, 6) is -16.2. The zero-order valence-electron chi connectivity index (χ0n) is 62.9. The van der Waals surface area contributed by atoms with E-state index in [1.54, 1.807) is 12.2 Å². The normalized spacial score (nSPS) is 39.2. The standard InChI is InChI=1S/C81H115Cl2N7O19/c1-5-7-8-9-16-86-35-52-56(92)33-51-66(74(52)100)50-23-40(10-13-55(50)91)49-32-58(94)67-45-27-63(107-60-14-11-41(24-53(60)82)71(97)69(89-78(103)39(6-2)17-36(3)4)57(93)26-46(30-65(85)96)79(104)87-67)77(109-62-29-47(34-84)73(99)76(102)75(62)101)64(28-45)108-61-15-12-42(25-54(61)83)72(98)70(90-80(49)105)81(106)88-68(51)59(95)31-48-43-19-37-18-38(21-43)22-44(48)20-37/h11,14,23,25,27-28,36-44,46-49,51,53,55,60-62,66-76,86,91-92,97-102H,5-10,12-13,15-22,24,26,29-35,84H2,1-4H3,(H2,85,96)(H,87,104)(H,88,106)(H,89,103)(H,90,105)/t37?,38?,39-,40+,41+,42+,43?,44?,46+,47-,48?,49-,51?,53-,55-,60-,61-,62-,66?,67-,68+,69+,70+,71-,72-,73-,74+,75+,76+/m1/s1. The number of Topliss-reactive ketones (excluding diaryl/α,β-unsaturated/α-hetero) is 3. The van der Waals surface area contributed by atoms with Gasteiger partial charge in [0, 0.05) is 79.7 Å². The SMILES string of the molecule is CCCCCCNCC1=C(O)CC2C(C3=C[C@H](CC[C@H]3O)[C@H]3CC(=O)[C@@H]4NC(=O)[C@H](CC(N)=O)CC(=O)[C@H](NC(=O)[C@H](CC)CC(C)C)[C@H](O)[C@H]5C=C[C@@H](Oc6cc4cc(c6O[C@@H]4C[C@H](CN)[C@@H](O)[C@H](O)[C@H]4O)O[C@@H]4CC[C@@H](C=C4Cl)[C@@H](O)[C@H](NC3=O)C(=O)N[C@@H]2C(=O)CC2C3CC4CC(C3)CC2C4)[C@H](Cl)C5)[C@H]1O. The molecule has 17 N–H and O–H groups in total. The van der Waals surface area contributed by atoms with E-state index in [-0.39, 0.29) is 139 Å². The molecule has 5 heterocycles. The van der Waals surface area contributed by atoms with Crippen LogP contribution in [0.5, 0.6) is 17.2 Å². The number of benzene rings is 1. The first-order valence-corrected chi connectivity index (χ1v) is 41.1. The van der Waals surface area contributed by atoms with Crippen LogP contribution in [0.1, 0.15) is 181 Å². The van der Waals surface area contributed by atoms with E-state index in [0.29, 0.717) is 31.2 Å². The van der Waals surface area contributed by atoms with E-state index in [1.807, 2.05) is 20.8 Å². The zero-order valence-corrected chi connectivity index (χ0v) is 64.5. The minimum Gasteiger partial charge on any atom is -0.512 e. The van der Waals surface area contributed by atoms with E-state index in [0.717, 1.165) is 51.4 Å². The van der Waals surface area contributed by atoms with Gasteiger partial charge in [0.2, 0.25) is 35.3 Å². The van der Waals surface area contributed by atoms with Gasteiger partial charge in [-0.15, -0.1) is 11.6 Å². The predicted octanol–water partition coefficient (Wildman–Crippen LogP) is 4.89.